The Morgan fingerprint density at radius 1 is 1.39 bits per heavy atom. The third-order valence-corrected chi connectivity index (χ3v) is 3.57. The van der Waals surface area contributed by atoms with Crippen LogP contribution in [0.3, 0.4) is 0 Å². The van der Waals surface area contributed by atoms with E-state index in [2.05, 4.69) is 41.1 Å². The molecule has 18 heavy (non-hydrogen) atoms. The van der Waals surface area contributed by atoms with E-state index in [0.29, 0.717) is 0 Å². The van der Waals surface area contributed by atoms with Gasteiger partial charge < -0.3 is 5.73 Å². The smallest absolute Gasteiger partial charge is 0.115 e. The topological polar surface area (TPSA) is 64.7 Å². The van der Waals surface area contributed by atoms with Crippen LogP contribution in [-0.2, 0) is 11.8 Å². The zero-order chi connectivity index (χ0) is 13.2. The molecule has 1 atom stereocenters. The maximum atomic E-state index is 6.12. The van der Waals surface area contributed by atoms with Crippen molar-refractivity contribution in [3.05, 3.63) is 40.4 Å². The Morgan fingerprint density at radius 2 is 2.17 bits per heavy atom. The predicted octanol–water partition coefficient (Wildman–Crippen LogP) is 2.47. The molecule has 0 radical (unpaired) electrons. The summed E-state index contributed by atoms with van der Waals surface area (Å²) in [6.45, 7) is 6.49. The minimum Gasteiger partial charge on any atom is -0.322 e. The van der Waals surface area contributed by atoms with Crippen LogP contribution in [0.2, 0.25) is 0 Å². The van der Waals surface area contributed by atoms with Crippen molar-refractivity contribution >= 4 is 11.3 Å². The van der Waals surface area contributed by atoms with Crippen LogP contribution in [0.5, 0.6) is 0 Å². The fourth-order valence-corrected chi connectivity index (χ4v) is 2.64. The van der Waals surface area contributed by atoms with Crippen LogP contribution in [0, 0.1) is 0 Å². The van der Waals surface area contributed by atoms with E-state index < -0.39 is 0 Å². The molecule has 0 aliphatic heterocycles. The fraction of sp³-hybridized carbons (Fsp3) is 0.462. The van der Waals surface area contributed by atoms with Gasteiger partial charge in [0.05, 0.1) is 22.4 Å². The van der Waals surface area contributed by atoms with Gasteiger partial charge in [-0.25, -0.2) is 15.0 Å². The fourth-order valence-electron chi connectivity index (χ4n) is 1.56. The molecule has 2 N–H and O–H groups in total. The molecule has 0 aromatic carbocycles. The van der Waals surface area contributed by atoms with E-state index in [1.54, 1.807) is 17.5 Å². The maximum Gasteiger partial charge on any atom is 0.115 e. The largest absolute Gasteiger partial charge is 0.322 e. The Morgan fingerprint density at radius 3 is 2.72 bits per heavy atom. The van der Waals surface area contributed by atoms with Gasteiger partial charge in [-0.2, -0.15) is 0 Å². The number of rotatable bonds is 3. The van der Waals surface area contributed by atoms with Crippen molar-refractivity contribution in [1.82, 2.24) is 15.0 Å². The molecule has 2 aromatic heterocycles. The van der Waals surface area contributed by atoms with Crippen LogP contribution in [0.25, 0.3) is 0 Å². The molecule has 0 saturated heterocycles. The number of aromatic nitrogens is 3. The summed E-state index contributed by atoms with van der Waals surface area (Å²) >= 11 is 1.66. The lowest BCUT2D eigenvalue weighted by atomic mass is 9.93. The molecule has 0 bridgehead atoms. The van der Waals surface area contributed by atoms with E-state index >= 15 is 0 Å². The van der Waals surface area contributed by atoms with E-state index in [9.17, 15) is 0 Å². The van der Waals surface area contributed by atoms with E-state index in [1.807, 2.05) is 6.07 Å². The van der Waals surface area contributed by atoms with Crippen molar-refractivity contribution < 1.29 is 0 Å². The summed E-state index contributed by atoms with van der Waals surface area (Å²) in [6.07, 6.45) is 3.96. The maximum absolute atomic E-state index is 6.12. The summed E-state index contributed by atoms with van der Waals surface area (Å²) < 4.78 is 0. The number of thiazole rings is 1. The molecule has 96 valence electrons. The lowest BCUT2D eigenvalue weighted by molar-refractivity contribution is 0.568. The van der Waals surface area contributed by atoms with Crippen LogP contribution in [0.15, 0.2) is 24.0 Å². The van der Waals surface area contributed by atoms with Crippen LogP contribution < -0.4 is 5.73 Å². The highest BCUT2D eigenvalue weighted by Gasteiger charge is 2.18. The average Bonchev–Trinajstić information content (AvgIpc) is 2.78. The average molecular weight is 262 g/mol. The monoisotopic (exact) mass is 262 g/mol. The zero-order valence-electron chi connectivity index (χ0n) is 10.9. The molecule has 0 spiro atoms. The standard InChI is InChI=1S/C13H18N4S/c1-13(2,3)11-7-18-12(17-11)6-9(14)10-4-5-15-8-16-10/h4-5,7-9H,6,14H2,1-3H3. The van der Waals surface area contributed by atoms with Gasteiger partial charge in [-0.3, -0.25) is 0 Å². The molecule has 4 nitrogen and oxygen atoms in total. The Kier molecular flexibility index (Phi) is 3.73. The molecule has 2 heterocycles. The zero-order valence-corrected chi connectivity index (χ0v) is 11.7. The second-order valence-corrected chi connectivity index (χ2v) is 6.26. The van der Waals surface area contributed by atoms with Gasteiger partial charge in [-0.15, -0.1) is 11.3 Å². The van der Waals surface area contributed by atoms with Crippen LogP contribution in [0.1, 0.15) is 43.2 Å². The molecule has 0 aliphatic rings. The molecule has 0 saturated carbocycles. The summed E-state index contributed by atoms with van der Waals surface area (Å²) in [7, 11) is 0. The Hall–Kier alpha value is -1.33. The van der Waals surface area contributed by atoms with Gasteiger partial charge in [0.2, 0.25) is 0 Å². The molecular formula is C13H18N4S. The lowest BCUT2D eigenvalue weighted by Gasteiger charge is -2.14. The third-order valence-electron chi connectivity index (χ3n) is 2.70. The van der Waals surface area contributed by atoms with Gasteiger partial charge in [-0.05, 0) is 6.07 Å². The first kappa shape index (κ1) is 13.1. The summed E-state index contributed by atoms with van der Waals surface area (Å²) in [5.74, 6) is 0. The van der Waals surface area contributed by atoms with E-state index in [0.717, 1.165) is 22.8 Å². The molecule has 0 amide bonds. The number of nitrogens with two attached hydrogens (primary N) is 1. The van der Waals surface area contributed by atoms with Crippen LogP contribution >= 0.6 is 11.3 Å². The third kappa shape index (κ3) is 3.11. The van der Waals surface area contributed by atoms with Crippen molar-refractivity contribution in [3.8, 4) is 0 Å². The van der Waals surface area contributed by atoms with E-state index in [4.69, 9.17) is 5.73 Å². The Balaban J connectivity index is 2.08. The molecular weight excluding hydrogens is 244 g/mol. The molecule has 0 fully saturated rings. The van der Waals surface area contributed by atoms with Gasteiger partial charge in [0, 0.05) is 23.4 Å². The minimum atomic E-state index is -0.119. The summed E-state index contributed by atoms with van der Waals surface area (Å²) in [5, 5.41) is 3.17. The first-order valence-electron chi connectivity index (χ1n) is 5.93. The highest BCUT2D eigenvalue weighted by molar-refractivity contribution is 7.09. The number of hydrogen-bond acceptors (Lipinski definition) is 5. The summed E-state index contributed by atoms with van der Waals surface area (Å²) in [6, 6.07) is 1.73. The Labute approximate surface area is 111 Å². The van der Waals surface area contributed by atoms with Crippen molar-refractivity contribution in [2.45, 2.75) is 38.6 Å². The van der Waals surface area contributed by atoms with Gasteiger partial charge in [0.25, 0.3) is 0 Å². The first-order chi connectivity index (χ1) is 8.47. The SMILES string of the molecule is CC(C)(C)c1csc(CC(N)c2ccncn2)n1. The minimum absolute atomic E-state index is 0.0910. The second kappa shape index (κ2) is 5.12. The molecule has 0 aliphatic carbocycles. The number of hydrogen-bond donors (Lipinski definition) is 1. The molecule has 2 rings (SSSR count). The summed E-state index contributed by atoms with van der Waals surface area (Å²) in [5.41, 5.74) is 8.19. The highest BCUT2D eigenvalue weighted by atomic mass is 32.1. The molecule has 1 unspecified atom stereocenters. The highest BCUT2D eigenvalue weighted by Crippen LogP contribution is 2.25. The number of nitrogens with zero attached hydrogens (tertiary/aromatic N) is 3. The summed E-state index contributed by atoms with van der Waals surface area (Å²) in [4.78, 5) is 12.7. The van der Waals surface area contributed by atoms with Crippen molar-refractivity contribution in [1.29, 1.82) is 0 Å². The lowest BCUT2D eigenvalue weighted by Crippen LogP contribution is -2.16. The first-order valence-corrected chi connectivity index (χ1v) is 6.81. The van der Waals surface area contributed by atoms with Gasteiger partial charge in [0.1, 0.15) is 6.33 Å². The van der Waals surface area contributed by atoms with Crippen molar-refractivity contribution in [2.75, 3.05) is 0 Å². The van der Waals surface area contributed by atoms with Gasteiger partial charge >= 0.3 is 0 Å². The van der Waals surface area contributed by atoms with E-state index in [1.165, 1.54) is 6.33 Å². The Bertz CT molecular complexity index is 501. The van der Waals surface area contributed by atoms with E-state index in [-0.39, 0.29) is 11.5 Å². The van der Waals surface area contributed by atoms with Crippen LogP contribution in [0.4, 0.5) is 0 Å². The predicted molar refractivity (Wildman–Crippen MR) is 73.5 cm³/mol. The van der Waals surface area contributed by atoms with Crippen molar-refractivity contribution in [2.24, 2.45) is 5.73 Å². The normalized spacial score (nSPS) is 13.6. The van der Waals surface area contributed by atoms with Crippen molar-refractivity contribution in [3.63, 3.8) is 0 Å². The molecule has 2 aromatic rings. The van der Waals surface area contributed by atoms with Gasteiger partial charge in [-0.1, -0.05) is 20.8 Å². The quantitative estimate of drug-likeness (QED) is 0.923. The van der Waals surface area contributed by atoms with Gasteiger partial charge in [0.15, 0.2) is 0 Å². The second-order valence-electron chi connectivity index (χ2n) is 5.32. The molecule has 5 heteroatoms. The van der Waals surface area contributed by atoms with Crippen LogP contribution in [-0.4, -0.2) is 15.0 Å².